The molecule has 0 saturated heterocycles. The predicted octanol–water partition coefficient (Wildman–Crippen LogP) is 5.51. The van der Waals surface area contributed by atoms with Crippen LogP contribution in [0.2, 0.25) is 0 Å². The molecule has 5 unspecified atom stereocenters. The van der Waals surface area contributed by atoms with Crippen molar-refractivity contribution >= 4 is 92.9 Å². The molecular formula is C15H14Cl6O2S. The Morgan fingerprint density at radius 3 is 2.12 bits per heavy atom. The molecule has 0 spiro atoms. The monoisotopic (exact) mass is 468 g/mol. The molecule has 9 heteroatoms. The Morgan fingerprint density at radius 1 is 1.04 bits per heavy atom. The molecule has 0 radical (unpaired) electrons. The largest absolute Gasteiger partial charge is 0.299 e. The van der Waals surface area contributed by atoms with Crippen molar-refractivity contribution in [1.29, 1.82) is 0 Å². The lowest BCUT2D eigenvalue weighted by atomic mass is 9.71. The minimum atomic E-state index is -1.85. The van der Waals surface area contributed by atoms with Gasteiger partial charge in [0.05, 0.1) is 27.2 Å². The molecule has 2 saturated carbocycles. The summed E-state index contributed by atoms with van der Waals surface area (Å²) in [6, 6.07) is 0. The quantitative estimate of drug-likeness (QED) is 0.401. The molecule has 24 heavy (non-hydrogen) atoms. The first-order chi connectivity index (χ1) is 11.1. The van der Waals surface area contributed by atoms with Gasteiger partial charge >= 0.3 is 0 Å². The summed E-state index contributed by atoms with van der Waals surface area (Å²) in [6.07, 6.45) is 2.06. The van der Waals surface area contributed by atoms with Gasteiger partial charge in [0, 0.05) is 6.42 Å². The number of Topliss-reactive ketones (excluding diaryl/α,β-unsaturated/α-hetero) is 2. The number of hydrogen-bond donors (Lipinski definition) is 0. The molecule has 0 aromatic carbocycles. The number of halogens is 6. The molecule has 0 aliphatic heterocycles. The van der Waals surface area contributed by atoms with E-state index < -0.39 is 31.2 Å². The summed E-state index contributed by atoms with van der Waals surface area (Å²) < 4.78 is -1.85. The van der Waals surface area contributed by atoms with Gasteiger partial charge in [-0.25, -0.2) is 0 Å². The topological polar surface area (TPSA) is 34.1 Å². The lowest BCUT2D eigenvalue weighted by molar-refractivity contribution is -0.137. The summed E-state index contributed by atoms with van der Waals surface area (Å²) >= 11 is 40.2. The Kier molecular flexibility index (Phi) is 5.28. The second-order valence-corrected chi connectivity index (χ2v) is 11.0. The minimum Gasteiger partial charge on any atom is -0.299 e. The Labute approximate surface area is 174 Å². The number of thioether (sulfide) groups is 1. The average molecular weight is 471 g/mol. The highest BCUT2D eigenvalue weighted by Gasteiger charge is 2.85. The molecule has 2 bridgehead atoms. The van der Waals surface area contributed by atoms with E-state index in [-0.39, 0.29) is 28.1 Å². The van der Waals surface area contributed by atoms with Crippen LogP contribution in [0.3, 0.4) is 0 Å². The molecule has 0 amide bonds. The van der Waals surface area contributed by atoms with Crippen LogP contribution in [0.5, 0.6) is 0 Å². The fourth-order valence-corrected chi connectivity index (χ4v) is 8.18. The molecular weight excluding hydrogens is 457 g/mol. The highest BCUT2D eigenvalue weighted by molar-refractivity contribution is 8.00. The highest BCUT2D eigenvalue weighted by atomic mass is 35.5. The maximum absolute atomic E-state index is 13.1. The van der Waals surface area contributed by atoms with E-state index in [2.05, 4.69) is 6.92 Å². The van der Waals surface area contributed by atoms with E-state index in [9.17, 15) is 9.59 Å². The molecule has 3 rings (SSSR count). The van der Waals surface area contributed by atoms with Crippen LogP contribution >= 0.6 is 81.4 Å². The third-order valence-electron chi connectivity index (χ3n) is 5.11. The Balaban J connectivity index is 2.05. The van der Waals surface area contributed by atoms with E-state index in [0.717, 1.165) is 18.6 Å². The van der Waals surface area contributed by atoms with Crippen LogP contribution in [0, 0.1) is 11.8 Å². The van der Waals surface area contributed by atoms with Gasteiger partial charge in [-0.15, -0.1) is 23.2 Å². The van der Waals surface area contributed by atoms with Crippen LogP contribution in [0.25, 0.3) is 0 Å². The third-order valence-corrected chi connectivity index (χ3v) is 10.7. The fraction of sp³-hybridized carbons (Fsp3) is 0.733. The maximum Gasteiger partial charge on any atom is 0.167 e. The van der Waals surface area contributed by atoms with Crippen LogP contribution in [0.1, 0.15) is 26.2 Å². The third kappa shape index (κ3) is 2.19. The second-order valence-electron chi connectivity index (χ2n) is 6.37. The number of alkyl halides is 4. The zero-order valence-electron chi connectivity index (χ0n) is 12.6. The summed E-state index contributed by atoms with van der Waals surface area (Å²) in [5.41, 5.74) is 0. The molecule has 5 atom stereocenters. The van der Waals surface area contributed by atoms with Crippen molar-refractivity contribution < 1.29 is 9.59 Å². The normalized spacial score (nSPS) is 43.5. The molecule has 3 aliphatic rings. The number of rotatable bonds is 4. The van der Waals surface area contributed by atoms with Crippen molar-refractivity contribution in [3.63, 3.8) is 0 Å². The van der Waals surface area contributed by atoms with Crippen LogP contribution < -0.4 is 0 Å². The average Bonchev–Trinajstić information content (AvgIpc) is 2.73. The predicted molar refractivity (Wildman–Crippen MR) is 103 cm³/mol. The highest BCUT2D eigenvalue weighted by Crippen LogP contribution is 2.77. The maximum atomic E-state index is 13.1. The summed E-state index contributed by atoms with van der Waals surface area (Å²) in [7, 11) is 0. The lowest BCUT2D eigenvalue weighted by Gasteiger charge is -2.40. The van der Waals surface area contributed by atoms with Gasteiger partial charge in [-0.1, -0.05) is 59.7 Å². The lowest BCUT2D eigenvalue weighted by Crippen LogP contribution is -2.52. The number of unbranched alkanes of at least 4 members (excludes halogenated alkanes) is 1. The smallest absolute Gasteiger partial charge is 0.167 e. The molecule has 0 N–H and O–H groups in total. The summed E-state index contributed by atoms with van der Waals surface area (Å²) in [6.45, 7) is 2.06. The van der Waals surface area contributed by atoms with E-state index in [1.807, 2.05) is 0 Å². The van der Waals surface area contributed by atoms with Gasteiger partial charge in [-0.2, -0.15) is 11.8 Å². The standard InChI is InChI=1S/C15H14Cl6O2S/c1-2-3-4-24-7-5-6(22)8-9(10(7)23)14(19)12(17)11(16)13(8,18)15(14,20)21/h7-9H,2-5H2,1H3. The molecule has 2 fully saturated rings. The molecule has 0 heterocycles. The van der Waals surface area contributed by atoms with Gasteiger partial charge in [-0.05, 0) is 12.2 Å². The van der Waals surface area contributed by atoms with Gasteiger partial charge in [-0.3, -0.25) is 9.59 Å². The summed E-state index contributed by atoms with van der Waals surface area (Å²) in [5.74, 6) is -1.51. The number of ketones is 2. The zero-order valence-corrected chi connectivity index (χ0v) is 17.9. The fourth-order valence-electron chi connectivity index (χ4n) is 3.87. The van der Waals surface area contributed by atoms with E-state index in [0.29, 0.717) is 0 Å². The Morgan fingerprint density at radius 2 is 1.58 bits per heavy atom. The van der Waals surface area contributed by atoms with Crippen molar-refractivity contribution in [2.24, 2.45) is 11.8 Å². The van der Waals surface area contributed by atoms with Crippen molar-refractivity contribution in [2.75, 3.05) is 5.75 Å². The van der Waals surface area contributed by atoms with E-state index in [1.54, 1.807) is 0 Å². The molecule has 0 aromatic rings. The number of fused-ring (bicyclic) bond motifs is 5. The van der Waals surface area contributed by atoms with E-state index in [1.165, 1.54) is 11.8 Å². The molecule has 0 aromatic heterocycles. The Bertz CT molecular complexity index is 650. The first-order valence-electron chi connectivity index (χ1n) is 7.56. The number of carbonyl (C=O) groups excluding carboxylic acids is 2. The first kappa shape index (κ1) is 19.9. The molecule has 2 nitrogen and oxygen atoms in total. The molecule has 134 valence electrons. The van der Waals surface area contributed by atoms with Gasteiger partial charge in [0.2, 0.25) is 0 Å². The van der Waals surface area contributed by atoms with Crippen LogP contribution in [0.15, 0.2) is 10.1 Å². The first-order valence-corrected chi connectivity index (χ1v) is 10.9. The number of carbonyl (C=O) groups is 2. The van der Waals surface area contributed by atoms with E-state index in [4.69, 9.17) is 69.6 Å². The summed E-state index contributed by atoms with van der Waals surface area (Å²) in [4.78, 5) is 22.5. The van der Waals surface area contributed by atoms with Crippen LogP contribution in [0.4, 0.5) is 0 Å². The Hall–Kier alpha value is 1.17. The number of allylic oxidation sites excluding steroid dienone is 2. The SMILES string of the molecule is CCCCSC1CC(=O)C2C(C1=O)C1(Cl)C(Cl)=C(Cl)C2(Cl)C1(Cl)Cl. The van der Waals surface area contributed by atoms with Crippen molar-refractivity contribution in [3.8, 4) is 0 Å². The van der Waals surface area contributed by atoms with Gasteiger partial charge in [0.15, 0.2) is 10.1 Å². The van der Waals surface area contributed by atoms with E-state index >= 15 is 0 Å². The second kappa shape index (κ2) is 6.36. The molecule has 3 aliphatic carbocycles. The van der Waals surface area contributed by atoms with Crippen molar-refractivity contribution in [1.82, 2.24) is 0 Å². The van der Waals surface area contributed by atoms with Gasteiger partial charge in [0.1, 0.15) is 15.5 Å². The van der Waals surface area contributed by atoms with Crippen LogP contribution in [-0.2, 0) is 9.59 Å². The van der Waals surface area contributed by atoms with Crippen LogP contribution in [-0.4, -0.2) is 36.7 Å². The summed E-state index contributed by atoms with van der Waals surface area (Å²) in [5, 5.41) is -0.550. The zero-order chi connectivity index (χ0) is 18.1. The van der Waals surface area contributed by atoms with Crippen molar-refractivity contribution in [3.05, 3.63) is 10.1 Å². The minimum absolute atomic E-state index is 0.0348. The number of hydrogen-bond acceptors (Lipinski definition) is 3. The van der Waals surface area contributed by atoms with Gasteiger partial charge in [0.25, 0.3) is 0 Å². The van der Waals surface area contributed by atoms with Crippen molar-refractivity contribution in [2.45, 2.75) is 45.5 Å². The van der Waals surface area contributed by atoms with Gasteiger partial charge < -0.3 is 0 Å².